The monoisotopic (exact) mass is 359 g/mol. The molecule has 1 aromatic rings. The van der Waals surface area contributed by atoms with Crippen LogP contribution in [-0.2, 0) is 14.4 Å². The third-order valence-corrected chi connectivity index (χ3v) is 3.68. The Morgan fingerprint density at radius 3 is 2.71 bits per heavy atom. The summed E-state index contributed by atoms with van der Waals surface area (Å²) in [6.45, 7) is -0.201. The van der Waals surface area contributed by atoms with Crippen molar-refractivity contribution in [1.82, 2.24) is 10.2 Å². The lowest BCUT2D eigenvalue weighted by Crippen LogP contribution is -2.45. The number of carbonyl (C=O) groups is 3. The van der Waals surface area contributed by atoms with Gasteiger partial charge in [-0.2, -0.15) is 0 Å². The minimum Gasteiger partial charge on any atom is -0.480 e. The van der Waals surface area contributed by atoms with Gasteiger partial charge in [0.15, 0.2) is 0 Å². The number of aliphatic carboxylic acids is 1. The van der Waals surface area contributed by atoms with Crippen molar-refractivity contribution < 1.29 is 23.9 Å². The molecule has 2 N–H and O–H groups in total. The first-order valence-electron chi connectivity index (χ1n) is 7.14. The van der Waals surface area contributed by atoms with E-state index in [2.05, 4.69) is 5.32 Å². The van der Waals surface area contributed by atoms with Crippen molar-refractivity contribution in [2.45, 2.75) is 12.5 Å². The molecule has 0 aliphatic carbocycles. The summed E-state index contributed by atoms with van der Waals surface area (Å²) in [7, 11) is 1.60. The number of hydrogen-bond donors (Lipinski definition) is 2. The van der Waals surface area contributed by atoms with Crippen LogP contribution in [0.15, 0.2) is 24.3 Å². The molecule has 9 heteroatoms. The lowest BCUT2D eigenvalue weighted by atomic mass is 10.2. The van der Waals surface area contributed by atoms with Gasteiger partial charge in [-0.1, -0.05) is 12.1 Å². The topological polar surface area (TPSA) is 89.9 Å². The summed E-state index contributed by atoms with van der Waals surface area (Å²) >= 11 is 0. The van der Waals surface area contributed by atoms with E-state index < -0.39 is 30.3 Å². The van der Waals surface area contributed by atoms with Crippen LogP contribution in [0.1, 0.15) is 6.42 Å². The summed E-state index contributed by atoms with van der Waals surface area (Å²) in [5, 5.41) is 10.8. The zero-order valence-electron chi connectivity index (χ0n) is 13.1. The Hall–Kier alpha value is -2.19. The molecule has 0 spiro atoms. The number of likely N-dealkylation sites (N-methyl/N-ethyl adjacent to an activating group) is 1. The second-order valence-corrected chi connectivity index (χ2v) is 5.33. The van der Waals surface area contributed by atoms with E-state index in [-0.39, 0.29) is 30.5 Å². The standard InChI is InChI=1S/C15H18FN3O4.ClH/c1-18(9-13(20)17-8-14(21)22)12-6-7-19(15(12)23)11-5-3-2-4-10(11)16;/h2-5,12H,6-9H2,1H3,(H,17,20)(H,21,22);1H. The summed E-state index contributed by atoms with van der Waals surface area (Å²) in [6, 6.07) is 5.50. The Kier molecular flexibility index (Phi) is 7.12. The van der Waals surface area contributed by atoms with E-state index in [1.54, 1.807) is 24.1 Å². The van der Waals surface area contributed by atoms with Crippen LogP contribution in [0.25, 0.3) is 0 Å². The first kappa shape index (κ1) is 19.9. The number of para-hydroxylation sites is 1. The zero-order valence-corrected chi connectivity index (χ0v) is 13.9. The summed E-state index contributed by atoms with van der Waals surface area (Å²) in [6.07, 6.45) is 0.468. The second kappa shape index (κ2) is 8.60. The largest absolute Gasteiger partial charge is 0.480 e. The molecule has 1 aliphatic rings. The van der Waals surface area contributed by atoms with Crippen molar-refractivity contribution >= 4 is 35.9 Å². The fraction of sp³-hybridized carbons (Fsp3) is 0.400. The molecule has 2 rings (SSSR count). The second-order valence-electron chi connectivity index (χ2n) is 5.33. The van der Waals surface area contributed by atoms with Crippen molar-refractivity contribution in [2.24, 2.45) is 0 Å². The highest BCUT2D eigenvalue weighted by molar-refractivity contribution is 5.99. The van der Waals surface area contributed by atoms with Gasteiger partial charge in [-0.05, 0) is 25.6 Å². The van der Waals surface area contributed by atoms with Gasteiger partial charge in [0.05, 0.1) is 18.3 Å². The maximum absolute atomic E-state index is 13.8. The first-order chi connectivity index (χ1) is 10.9. The highest BCUT2D eigenvalue weighted by Crippen LogP contribution is 2.26. The van der Waals surface area contributed by atoms with Gasteiger partial charge in [0, 0.05) is 6.54 Å². The van der Waals surface area contributed by atoms with Crippen molar-refractivity contribution in [3.8, 4) is 0 Å². The number of amides is 2. The molecular weight excluding hydrogens is 341 g/mol. The third-order valence-electron chi connectivity index (χ3n) is 3.68. The number of nitrogens with one attached hydrogen (secondary N) is 1. The summed E-state index contributed by atoms with van der Waals surface area (Å²) in [5.41, 5.74) is 0.226. The maximum atomic E-state index is 13.8. The number of carboxylic acids is 1. The van der Waals surface area contributed by atoms with E-state index in [9.17, 15) is 18.8 Å². The Morgan fingerprint density at radius 1 is 1.42 bits per heavy atom. The van der Waals surface area contributed by atoms with Crippen LogP contribution in [0.5, 0.6) is 0 Å². The average Bonchev–Trinajstić information content (AvgIpc) is 2.87. The van der Waals surface area contributed by atoms with E-state index in [0.29, 0.717) is 13.0 Å². The van der Waals surface area contributed by atoms with Crippen molar-refractivity contribution in [1.29, 1.82) is 0 Å². The number of halogens is 2. The molecule has 7 nitrogen and oxygen atoms in total. The predicted molar refractivity (Wildman–Crippen MR) is 87.7 cm³/mol. The number of carboxylic acid groups (broad SMARTS) is 1. The maximum Gasteiger partial charge on any atom is 0.322 e. The van der Waals surface area contributed by atoms with E-state index in [1.165, 1.54) is 17.0 Å². The molecule has 1 saturated heterocycles. The molecule has 2 amide bonds. The SMILES string of the molecule is CN(CC(=O)NCC(=O)O)C1CCN(c2ccccc2F)C1=O.Cl. The van der Waals surface area contributed by atoms with E-state index in [0.717, 1.165) is 0 Å². The smallest absolute Gasteiger partial charge is 0.322 e. The van der Waals surface area contributed by atoms with Crippen molar-refractivity contribution in [2.75, 3.05) is 31.6 Å². The Balaban J connectivity index is 0.00000288. The van der Waals surface area contributed by atoms with Gasteiger partial charge in [-0.25, -0.2) is 4.39 Å². The highest BCUT2D eigenvalue weighted by Gasteiger charge is 2.36. The van der Waals surface area contributed by atoms with E-state index >= 15 is 0 Å². The molecule has 132 valence electrons. The zero-order chi connectivity index (χ0) is 17.0. The predicted octanol–water partition coefficient (Wildman–Crippen LogP) is 0.485. The van der Waals surface area contributed by atoms with Crippen LogP contribution in [0.4, 0.5) is 10.1 Å². The van der Waals surface area contributed by atoms with Crippen LogP contribution in [0, 0.1) is 5.82 Å². The lowest BCUT2D eigenvalue weighted by Gasteiger charge is -2.23. The third kappa shape index (κ3) is 4.65. The molecule has 1 aliphatic heterocycles. The Morgan fingerprint density at radius 2 is 2.08 bits per heavy atom. The van der Waals surface area contributed by atoms with Gasteiger partial charge < -0.3 is 15.3 Å². The normalized spacial score (nSPS) is 16.9. The number of benzene rings is 1. The quantitative estimate of drug-likeness (QED) is 0.771. The highest BCUT2D eigenvalue weighted by atomic mass is 35.5. The Labute approximate surface area is 144 Å². The molecule has 1 aromatic carbocycles. The lowest BCUT2D eigenvalue weighted by molar-refractivity contribution is -0.138. The molecule has 24 heavy (non-hydrogen) atoms. The number of hydrogen-bond acceptors (Lipinski definition) is 4. The number of anilines is 1. The molecule has 1 atom stereocenters. The minimum atomic E-state index is -1.14. The van der Waals surface area contributed by atoms with Gasteiger partial charge in [0.1, 0.15) is 12.4 Å². The van der Waals surface area contributed by atoms with Crippen LogP contribution in [-0.4, -0.2) is 60.5 Å². The van der Waals surface area contributed by atoms with Crippen LogP contribution >= 0.6 is 12.4 Å². The number of carbonyl (C=O) groups excluding carboxylic acids is 2. The van der Waals surface area contributed by atoms with Crippen LogP contribution in [0.2, 0.25) is 0 Å². The average molecular weight is 360 g/mol. The van der Waals surface area contributed by atoms with Crippen LogP contribution < -0.4 is 10.2 Å². The molecule has 1 fully saturated rings. The van der Waals surface area contributed by atoms with Crippen LogP contribution in [0.3, 0.4) is 0 Å². The first-order valence-corrected chi connectivity index (χ1v) is 7.14. The molecule has 0 saturated carbocycles. The van der Waals surface area contributed by atoms with E-state index in [4.69, 9.17) is 5.11 Å². The molecule has 0 aromatic heterocycles. The Bertz CT molecular complexity index is 628. The molecule has 1 heterocycles. The van der Waals surface area contributed by atoms with Gasteiger partial charge in [0.25, 0.3) is 0 Å². The summed E-state index contributed by atoms with van der Waals surface area (Å²) < 4.78 is 13.8. The molecule has 0 bridgehead atoms. The van der Waals surface area contributed by atoms with Gasteiger partial charge in [-0.3, -0.25) is 19.3 Å². The fourth-order valence-corrected chi connectivity index (χ4v) is 2.55. The van der Waals surface area contributed by atoms with E-state index in [1.807, 2.05) is 0 Å². The van der Waals surface area contributed by atoms with Crippen molar-refractivity contribution in [3.05, 3.63) is 30.1 Å². The minimum absolute atomic E-state index is 0. The number of nitrogens with zero attached hydrogens (tertiary/aromatic N) is 2. The van der Waals surface area contributed by atoms with Gasteiger partial charge >= 0.3 is 5.97 Å². The molecule has 0 radical (unpaired) electrons. The molecule has 1 unspecified atom stereocenters. The fourth-order valence-electron chi connectivity index (χ4n) is 2.55. The van der Waals surface area contributed by atoms with Crippen molar-refractivity contribution in [3.63, 3.8) is 0 Å². The van der Waals surface area contributed by atoms with Gasteiger partial charge in [-0.15, -0.1) is 12.4 Å². The number of rotatable bonds is 6. The molecular formula is C15H19ClFN3O4. The van der Waals surface area contributed by atoms with Gasteiger partial charge in [0.2, 0.25) is 11.8 Å². The summed E-state index contributed by atoms with van der Waals surface area (Å²) in [4.78, 5) is 37.4. The summed E-state index contributed by atoms with van der Waals surface area (Å²) in [5.74, 6) is -2.36.